The number of anilines is 2. The Kier molecular flexibility index (Phi) is 5.27. The topological polar surface area (TPSA) is 74.6 Å². The quantitative estimate of drug-likeness (QED) is 0.780. The second-order valence-corrected chi connectivity index (χ2v) is 7.46. The maximum Gasteiger partial charge on any atom is 0.268 e. The van der Waals surface area contributed by atoms with Crippen LogP contribution in [0.4, 0.5) is 11.5 Å². The minimum atomic E-state index is -0.118. The number of aryl methyl sites for hydroxylation is 1. The first-order valence-corrected chi connectivity index (χ1v) is 9.85. The third-order valence-electron chi connectivity index (χ3n) is 5.65. The molecule has 0 spiro atoms. The number of carbonyl (C=O) groups excluding carboxylic acids is 1. The summed E-state index contributed by atoms with van der Waals surface area (Å²) in [7, 11) is 1.64. The van der Waals surface area contributed by atoms with Crippen molar-refractivity contribution in [3.8, 4) is 0 Å². The molecule has 1 atom stereocenters. The van der Waals surface area contributed by atoms with Gasteiger partial charge >= 0.3 is 0 Å². The van der Waals surface area contributed by atoms with Crippen molar-refractivity contribution in [3.05, 3.63) is 47.0 Å². The van der Waals surface area contributed by atoms with Crippen LogP contribution < -0.4 is 15.4 Å². The SMILES string of the molecule is Cn1ncc(N2CCN(C(=O)[C@@H]3CCCN(c4ccccn4)C3)CC2)cc1=O. The zero-order valence-electron chi connectivity index (χ0n) is 16.2. The van der Waals surface area contributed by atoms with E-state index in [0.29, 0.717) is 13.1 Å². The third-order valence-corrected chi connectivity index (χ3v) is 5.65. The predicted molar refractivity (Wildman–Crippen MR) is 107 cm³/mol. The molecule has 28 heavy (non-hydrogen) atoms. The van der Waals surface area contributed by atoms with Crippen molar-refractivity contribution in [2.45, 2.75) is 12.8 Å². The predicted octanol–water partition coefficient (Wildman–Crippen LogP) is 0.741. The average molecular weight is 382 g/mol. The molecule has 8 heteroatoms. The standard InChI is InChI=1S/C20H26N6O2/c1-23-19(27)13-17(14-22-23)24-9-11-25(12-10-24)20(28)16-5-4-8-26(15-16)18-6-2-3-7-21-18/h2-3,6-7,13-14,16H,4-5,8-12,15H2,1H3/t16-/m1/s1. The lowest BCUT2D eigenvalue weighted by Gasteiger charge is -2.39. The van der Waals surface area contributed by atoms with Gasteiger partial charge < -0.3 is 14.7 Å². The van der Waals surface area contributed by atoms with Crippen LogP contribution >= 0.6 is 0 Å². The highest BCUT2D eigenvalue weighted by molar-refractivity contribution is 5.80. The van der Waals surface area contributed by atoms with Crippen molar-refractivity contribution >= 4 is 17.4 Å². The zero-order valence-corrected chi connectivity index (χ0v) is 16.2. The van der Waals surface area contributed by atoms with Crippen LogP contribution in [-0.2, 0) is 11.8 Å². The van der Waals surface area contributed by atoms with Gasteiger partial charge in [-0.05, 0) is 25.0 Å². The summed E-state index contributed by atoms with van der Waals surface area (Å²) < 4.78 is 1.32. The Hall–Kier alpha value is -2.90. The van der Waals surface area contributed by atoms with E-state index in [2.05, 4.69) is 19.9 Å². The Balaban J connectivity index is 1.36. The van der Waals surface area contributed by atoms with Gasteiger partial charge in [-0.1, -0.05) is 6.07 Å². The fourth-order valence-electron chi connectivity index (χ4n) is 4.00. The normalized spacial score (nSPS) is 20.3. The van der Waals surface area contributed by atoms with Crippen LogP contribution in [0.15, 0.2) is 41.5 Å². The van der Waals surface area contributed by atoms with Crippen molar-refractivity contribution in [3.63, 3.8) is 0 Å². The number of rotatable bonds is 3. The fraction of sp³-hybridized carbons (Fsp3) is 0.500. The van der Waals surface area contributed by atoms with Crippen LogP contribution in [0.2, 0.25) is 0 Å². The van der Waals surface area contributed by atoms with Crippen molar-refractivity contribution < 1.29 is 4.79 Å². The van der Waals surface area contributed by atoms with E-state index in [1.54, 1.807) is 25.5 Å². The highest BCUT2D eigenvalue weighted by Gasteiger charge is 2.31. The van der Waals surface area contributed by atoms with Gasteiger partial charge in [-0.2, -0.15) is 5.10 Å². The lowest BCUT2D eigenvalue weighted by Crippen LogP contribution is -2.52. The lowest BCUT2D eigenvalue weighted by molar-refractivity contribution is -0.136. The first kappa shape index (κ1) is 18.5. The van der Waals surface area contributed by atoms with Gasteiger partial charge in [0.05, 0.1) is 17.8 Å². The zero-order chi connectivity index (χ0) is 19.5. The molecule has 1 amide bonds. The molecule has 0 unspecified atom stereocenters. The number of hydrogen-bond acceptors (Lipinski definition) is 6. The molecule has 0 N–H and O–H groups in total. The molecule has 0 bridgehead atoms. The van der Waals surface area contributed by atoms with Crippen LogP contribution in [0.25, 0.3) is 0 Å². The highest BCUT2D eigenvalue weighted by atomic mass is 16.2. The molecule has 2 aromatic heterocycles. The minimum Gasteiger partial charge on any atom is -0.367 e. The number of carbonyl (C=O) groups is 1. The van der Waals surface area contributed by atoms with Crippen molar-refractivity contribution in [2.24, 2.45) is 13.0 Å². The van der Waals surface area contributed by atoms with E-state index in [0.717, 1.165) is 50.5 Å². The Morgan fingerprint density at radius 3 is 2.64 bits per heavy atom. The summed E-state index contributed by atoms with van der Waals surface area (Å²) in [6.45, 7) is 4.47. The van der Waals surface area contributed by atoms with Crippen molar-refractivity contribution in [1.82, 2.24) is 19.7 Å². The van der Waals surface area contributed by atoms with Crippen LogP contribution in [0, 0.1) is 5.92 Å². The molecule has 2 aliphatic heterocycles. The summed E-state index contributed by atoms with van der Waals surface area (Å²) in [5.41, 5.74) is 0.710. The number of amides is 1. The third kappa shape index (κ3) is 3.85. The molecule has 8 nitrogen and oxygen atoms in total. The second-order valence-electron chi connectivity index (χ2n) is 7.46. The number of pyridine rings is 1. The summed E-state index contributed by atoms with van der Waals surface area (Å²) in [5, 5.41) is 4.09. The first-order valence-electron chi connectivity index (χ1n) is 9.85. The molecule has 2 saturated heterocycles. The van der Waals surface area contributed by atoms with E-state index in [4.69, 9.17) is 0 Å². The first-order chi connectivity index (χ1) is 13.6. The van der Waals surface area contributed by atoms with Crippen LogP contribution in [-0.4, -0.2) is 64.8 Å². The largest absolute Gasteiger partial charge is 0.367 e. The summed E-state index contributed by atoms with van der Waals surface area (Å²) in [4.78, 5) is 35.6. The summed E-state index contributed by atoms with van der Waals surface area (Å²) in [6, 6.07) is 7.51. The molecule has 4 rings (SSSR count). The molecular weight excluding hydrogens is 356 g/mol. The molecule has 0 saturated carbocycles. The van der Waals surface area contributed by atoms with E-state index >= 15 is 0 Å². The maximum absolute atomic E-state index is 13.1. The van der Waals surface area contributed by atoms with Gasteiger partial charge in [0.25, 0.3) is 5.56 Å². The lowest BCUT2D eigenvalue weighted by atomic mass is 9.96. The smallest absolute Gasteiger partial charge is 0.268 e. The van der Waals surface area contributed by atoms with Crippen molar-refractivity contribution in [1.29, 1.82) is 0 Å². The Labute approximate surface area is 164 Å². The average Bonchev–Trinajstić information content (AvgIpc) is 2.76. The molecule has 2 fully saturated rings. The van der Waals surface area contributed by atoms with E-state index in [1.807, 2.05) is 23.1 Å². The van der Waals surface area contributed by atoms with Gasteiger partial charge in [-0.25, -0.2) is 9.67 Å². The van der Waals surface area contributed by atoms with Gasteiger partial charge in [0.15, 0.2) is 0 Å². The van der Waals surface area contributed by atoms with Crippen molar-refractivity contribution in [2.75, 3.05) is 49.1 Å². The number of nitrogens with zero attached hydrogens (tertiary/aromatic N) is 6. The molecule has 0 aliphatic carbocycles. The van der Waals surface area contributed by atoms with E-state index < -0.39 is 0 Å². The highest BCUT2D eigenvalue weighted by Crippen LogP contribution is 2.24. The number of piperidine rings is 1. The summed E-state index contributed by atoms with van der Waals surface area (Å²) in [6.07, 6.45) is 5.45. The molecule has 2 aromatic rings. The van der Waals surface area contributed by atoms with Crippen LogP contribution in [0.1, 0.15) is 12.8 Å². The van der Waals surface area contributed by atoms with E-state index in [9.17, 15) is 9.59 Å². The van der Waals surface area contributed by atoms with Gasteiger partial charge in [-0.15, -0.1) is 0 Å². The number of hydrogen-bond donors (Lipinski definition) is 0. The molecule has 148 valence electrons. The fourth-order valence-corrected chi connectivity index (χ4v) is 4.00. The summed E-state index contributed by atoms with van der Waals surface area (Å²) >= 11 is 0. The molecule has 0 radical (unpaired) electrons. The van der Waals surface area contributed by atoms with Gasteiger partial charge in [0.1, 0.15) is 5.82 Å². The van der Waals surface area contributed by atoms with E-state index in [1.165, 1.54) is 4.68 Å². The van der Waals surface area contributed by atoms with Crippen LogP contribution in [0.5, 0.6) is 0 Å². The second kappa shape index (κ2) is 8.00. The maximum atomic E-state index is 13.1. The molecule has 4 heterocycles. The Morgan fingerprint density at radius 1 is 1.11 bits per heavy atom. The summed E-state index contributed by atoms with van der Waals surface area (Å²) in [5.74, 6) is 1.21. The molecule has 2 aliphatic rings. The monoisotopic (exact) mass is 382 g/mol. The van der Waals surface area contributed by atoms with Gasteiger partial charge in [0.2, 0.25) is 5.91 Å². The number of piperazine rings is 1. The Bertz CT molecular complexity index is 876. The van der Waals surface area contributed by atoms with Gasteiger partial charge in [0, 0.05) is 58.6 Å². The van der Waals surface area contributed by atoms with E-state index in [-0.39, 0.29) is 17.4 Å². The van der Waals surface area contributed by atoms with Crippen LogP contribution in [0.3, 0.4) is 0 Å². The minimum absolute atomic E-state index is 0.0213. The molecule has 0 aromatic carbocycles. The molecular formula is C20H26N6O2. The Morgan fingerprint density at radius 2 is 1.93 bits per heavy atom. The van der Waals surface area contributed by atoms with Gasteiger partial charge in [-0.3, -0.25) is 9.59 Å². The number of aromatic nitrogens is 3.